The molecule has 33 heavy (non-hydrogen) atoms. The maximum Gasteiger partial charge on any atom is 0.407 e. The molecule has 0 bridgehead atoms. The van der Waals surface area contributed by atoms with Crippen molar-refractivity contribution in [2.24, 2.45) is 11.8 Å². The third-order valence-electron chi connectivity index (χ3n) is 6.79. The first-order valence-corrected chi connectivity index (χ1v) is 11.5. The Morgan fingerprint density at radius 2 is 1.61 bits per heavy atom. The summed E-state index contributed by atoms with van der Waals surface area (Å²) < 4.78 is 5.59. The maximum absolute atomic E-state index is 12.4. The van der Waals surface area contributed by atoms with E-state index in [2.05, 4.69) is 29.6 Å². The van der Waals surface area contributed by atoms with E-state index in [0.29, 0.717) is 18.9 Å². The van der Waals surface area contributed by atoms with Gasteiger partial charge in [-0.25, -0.2) is 4.79 Å². The number of carboxylic acids is 1. The van der Waals surface area contributed by atoms with Crippen molar-refractivity contribution in [3.63, 3.8) is 0 Å². The lowest BCUT2D eigenvalue weighted by molar-refractivity contribution is -0.143. The topological polar surface area (TPSA) is 95.9 Å². The first kappa shape index (κ1) is 22.8. The number of fused-ring (bicyclic) bond motifs is 3. The Morgan fingerprint density at radius 1 is 1.00 bits per heavy atom. The molecule has 2 aromatic carbocycles. The van der Waals surface area contributed by atoms with Crippen LogP contribution in [0.2, 0.25) is 0 Å². The number of carboxylic acid groups (broad SMARTS) is 1. The van der Waals surface area contributed by atoms with E-state index >= 15 is 0 Å². The predicted octanol–water partition coefficient (Wildman–Crippen LogP) is 3.87. The second-order valence-electron chi connectivity index (χ2n) is 9.10. The number of hydrogen-bond donors (Lipinski definition) is 2. The summed E-state index contributed by atoms with van der Waals surface area (Å²) in [5.41, 5.74) is 4.76. The van der Waals surface area contributed by atoms with E-state index in [0.717, 1.165) is 19.3 Å². The molecule has 0 aromatic heterocycles. The number of rotatable bonds is 8. The van der Waals surface area contributed by atoms with Crippen molar-refractivity contribution in [3.05, 3.63) is 59.7 Å². The van der Waals surface area contributed by atoms with Gasteiger partial charge in [0.2, 0.25) is 5.91 Å². The molecule has 0 radical (unpaired) electrons. The molecular formula is C26H30N2O5. The van der Waals surface area contributed by atoms with E-state index in [1.807, 2.05) is 24.3 Å². The highest BCUT2D eigenvalue weighted by atomic mass is 16.5. The lowest BCUT2D eigenvalue weighted by atomic mass is 9.98. The molecule has 0 aliphatic heterocycles. The first-order chi connectivity index (χ1) is 15.9. The molecule has 7 nitrogen and oxygen atoms in total. The van der Waals surface area contributed by atoms with Crippen LogP contribution in [0.5, 0.6) is 0 Å². The number of nitrogens with one attached hydrogen (secondary N) is 1. The fourth-order valence-electron chi connectivity index (χ4n) is 5.12. The quantitative estimate of drug-likeness (QED) is 0.636. The number of aliphatic carboxylic acids is 1. The number of likely N-dealkylation sites (N-methyl/N-ethyl adjacent to an activating group) is 1. The molecule has 1 fully saturated rings. The number of carbonyl (C=O) groups excluding carboxylic acids is 2. The Bertz CT molecular complexity index is 991. The first-order valence-electron chi connectivity index (χ1n) is 11.5. The maximum atomic E-state index is 12.4. The molecule has 2 atom stereocenters. The van der Waals surface area contributed by atoms with Crippen molar-refractivity contribution < 1.29 is 24.2 Å². The monoisotopic (exact) mass is 450 g/mol. The molecule has 2 N–H and O–H groups in total. The van der Waals surface area contributed by atoms with Gasteiger partial charge in [0.15, 0.2) is 0 Å². The third kappa shape index (κ3) is 5.35. The molecule has 2 aliphatic rings. The Hall–Kier alpha value is -3.35. The van der Waals surface area contributed by atoms with Crippen LogP contribution < -0.4 is 5.32 Å². The van der Waals surface area contributed by atoms with E-state index < -0.39 is 12.1 Å². The fraction of sp³-hybridized carbons (Fsp3) is 0.423. The minimum absolute atomic E-state index is 0.0350. The standard InChI is InChI=1S/C26H30N2O5/c1-28(15-25(30)31)24(29)13-17-10-11-18(12-17)14-27-26(32)33-16-23-21-8-4-2-6-19(21)20-7-3-5-9-22(20)23/h2-9,17-18,23H,10-16H2,1H3,(H,27,32)(H,30,31). The molecule has 0 saturated heterocycles. The van der Waals surface area contributed by atoms with E-state index in [1.165, 1.54) is 34.2 Å². The van der Waals surface area contributed by atoms with Gasteiger partial charge in [-0.1, -0.05) is 48.5 Å². The van der Waals surface area contributed by atoms with Gasteiger partial charge in [-0.2, -0.15) is 0 Å². The number of amides is 2. The molecule has 4 rings (SSSR count). The van der Waals surface area contributed by atoms with E-state index in [4.69, 9.17) is 9.84 Å². The second kappa shape index (κ2) is 10.1. The summed E-state index contributed by atoms with van der Waals surface area (Å²) >= 11 is 0. The molecule has 174 valence electrons. The van der Waals surface area contributed by atoms with Crippen molar-refractivity contribution in [1.82, 2.24) is 10.2 Å². The third-order valence-corrected chi connectivity index (χ3v) is 6.79. The second-order valence-corrected chi connectivity index (χ2v) is 9.10. The van der Waals surface area contributed by atoms with E-state index in [1.54, 1.807) is 0 Å². The Labute approximate surface area is 193 Å². The zero-order valence-corrected chi connectivity index (χ0v) is 18.8. The van der Waals surface area contributed by atoms with Gasteiger partial charge < -0.3 is 20.1 Å². The Morgan fingerprint density at radius 3 is 2.24 bits per heavy atom. The number of hydrogen-bond acceptors (Lipinski definition) is 4. The summed E-state index contributed by atoms with van der Waals surface area (Å²) in [7, 11) is 1.52. The van der Waals surface area contributed by atoms with Gasteiger partial charge in [0.25, 0.3) is 0 Å². The average molecular weight is 451 g/mol. The minimum Gasteiger partial charge on any atom is -0.480 e. The van der Waals surface area contributed by atoms with Crippen LogP contribution in [0.3, 0.4) is 0 Å². The van der Waals surface area contributed by atoms with E-state index in [-0.39, 0.29) is 30.9 Å². The van der Waals surface area contributed by atoms with Gasteiger partial charge in [0.05, 0.1) is 0 Å². The van der Waals surface area contributed by atoms with Crippen LogP contribution in [0.25, 0.3) is 11.1 Å². The molecular weight excluding hydrogens is 420 g/mol. The highest BCUT2D eigenvalue weighted by Crippen LogP contribution is 2.44. The highest BCUT2D eigenvalue weighted by molar-refractivity contribution is 5.81. The van der Waals surface area contributed by atoms with Gasteiger partial charge in [0, 0.05) is 25.9 Å². The number of nitrogens with zero attached hydrogens (tertiary/aromatic N) is 1. The van der Waals surface area contributed by atoms with Crippen LogP contribution in [-0.4, -0.2) is 54.7 Å². The van der Waals surface area contributed by atoms with Crippen molar-refractivity contribution in [2.75, 3.05) is 26.7 Å². The predicted molar refractivity (Wildman–Crippen MR) is 124 cm³/mol. The zero-order chi connectivity index (χ0) is 23.4. The van der Waals surface area contributed by atoms with Gasteiger partial charge in [-0.3, -0.25) is 9.59 Å². The lowest BCUT2D eigenvalue weighted by Crippen LogP contribution is -2.33. The normalized spacial score (nSPS) is 18.9. The summed E-state index contributed by atoms with van der Waals surface area (Å²) in [5.74, 6) is -0.598. The minimum atomic E-state index is -1.01. The van der Waals surface area contributed by atoms with Gasteiger partial charge in [-0.05, 0) is 53.4 Å². The molecule has 1 saturated carbocycles. The summed E-state index contributed by atoms with van der Waals surface area (Å²) in [6.45, 7) is 0.530. The van der Waals surface area contributed by atoms with Crippen molar-refractivity contribution in [1.29, 1.82) is 0 Å². The van der Waals surface area contributed by atoms with Crippen molar-refractivity contribution >= 4 is 18.0 Å². The fourth-order valence-corrected chi connectivity index (χ4v) is 5.12. The van der Waals surface area contributed by atoms with Crippen LogP contribution in [0.4, 0.5) is 4.79 Å². The molecule has 7 heteroatoms. The largest absolute Gasteiger partial charge is 0.480 e. The van der Waals surface area contributed by atoms with E-state index in [9.17, 15) is 14.4 Å². The number of ether oxygens (including phenoxy) is 1. The van der Waals surface area contributed by atoms with Gasteiger partial charge in [0.1, 0.15) is 13.2 Å². The van der Waals surface area contributed by atoms with Crippen LogP contribution >= 0.6 is 0 Å². The highest BCUT2D eigenvalue weighted by Gasteiger charge is 2.30. The smallest absolute Gasteiger partial charge is 0.407 e. The van der Waals surface area contributed by atoms with Crippen LogP contribution in [-0.2, 0) is 14.3 Å². The molecule has 0 spiro atoms. The van der Waals surface area contributed by atoms with Crippen molar-refractivity contribution in [3.8, 4) is 11.1 Å². The average Bonchev–Trinajstić information content (AvgIpc) is 3.38. The summed E-state index contributed by atoms with van der Waals surface area (Å²) in [6.07, 6.45) is 2.62. The Kier molecular flexibility index (Phi) is 6.96. The molecule has 2 aliphatic carbocycles. The number of alkyl carbamates (subject to hydrolysis) is 1. The summed E-state index contributed by atoms with van der Waals surface area (Å²) in [4.78, 5) is 36.6. The van der Waals surface area contributed by atoms with Gasteiger partial charge in [-0.15, -0.1) is 0 Å². The lowest BCUT2D eigenvalue weighted by Gasteiger charge is -2.18. The SMILES string of the molecule is CN(CC(=O)O)C(=O)CC1CCC(CNC(=O)OCC2c3ccccc3-c3ccccc32)C1. The molecule has 2 amide bonds. The summed E-state index contributed by atoms with van der Waals surface area (Å²) in [6, 6.07) is 16.5. The summed E-state index contributed by atoms with van der Waals surface area (Å²) in [5, 5.41) is 11.7. The van der Waals surface area contributed by atoms with Crippen LogP contribution in [0.15, 0.2) is 48.5 Å². The zero-order valence-electron chi connectivity index (χ0n) is 18.8. The van der Waals surface area contributed by atoms with Crippen LogP contribution in [0.1, 0.15) is 42.7 Å². The van der Waals surface area contributed by atoms with Gasteiger partial charge >= 0.3 is 12.1 Å². The van der Waals surface area contributed by atoms with Crippen LogP contribution in [0, 0.1) is 11.8 Å². The molecule has 2 aromatic rings. The number of benzene rings is 2. The number of carbonyl (C=O) groups is 3. The van der Waals surface area contributed by atoms with Crippen molar-refractivity contribution in [2.45, 2.75) is 31.6 Å². The molecule has 0 heterocycles. The Balaban J connectivity index is 1.23. The molecule has 2 unspecified atom stereocenters.